The van der Waals surface area contributed by atoms with E-state index in [4.69, 9.17) is 4.74 Å². The largest absolute Gasteiger partial charge is 0.445 e. The number of carbonyl (C=O) groups is 1. The van der Waals surface area contributed by atoms with E-state index in [9.17, 15) is 4.79 Å². The van der Waals surface area contributed by atoms with Gasteiger partial charge in [0.05, 0.1) is 6.04 Å². The Kier molecular flexibility index (Phi) is 5.63. The molecule has 0 spiro atoms. The van der Waals surface area contributed by atoms with Gasteiger partial charge in [0.25, 0.3) is 0 Å². The van der Waals surface area contributed by atoms with Crippen LogP contribution in [0.1, 0.15) is 37.4 Å². The van der Waals surface area contributed by atoms with E-state index in [1.165, 1.54) is 0 Å². The highest BCUT2D eigenvalue weighted by Crippen LogP contribution is 2.39. The first-order valence-corrected chi connectivity index (χ1v) is 9.41. The first-order valence-electron chi connectivity index (χ1n) is 8.61. The molecular weight excluding hydrogens is 380 g/mol. The number of fused-ring (bicyclic) bond motifs is 1. The summed E-state index contributed by atoms with van der Waals surface area (Å²) in [6.07, 6.45) is 0.608. The Bertz CT molecular complexity index is 736. The van der Waals surface area contributed by atoms with Crippen LogP contribution < -0.4 is 10.6 Å². The summed E-state index contributed by atoms with van der Waals surface area (Å²) in [6, 6.07) is 16.1. The maximum Gasteiger partial charge on any atom is 0.407 e. The summed E-state index contributed by atoms with van der Waals surface area (Å²) in [4.78, 5) is 12.4. The topological polar surface area (TPSA) is 50.4 Å². The predicted octanol–water partition coefficient (Wildman–Crippen LogP) is 5.26. The molecule has 1 amide bonds. The summed E-state index contributed by atoms with van der Waals surface area (Å²) in [5.74, 6) is 0.260. The Morgan fingerprint density at radius 3 is 2.72 bits per heavy atom. The first kappa shape index (κ1) is 17.8. The molecule has 0 radical (unpaired) electrons. The van der Waals surface area contributed by atoms with Crippen molar-refractivity contribution >= 4 is 27.7 Å². The van der Waals surface area contributed by atoms with Crippen LogP contribution in [0.15, 0.2) is 53.0 Å². The number of ether oxygens (including phenoxy) is 1. The fourth-order valence-electron chi connectivity index (χ4n) is 3.34. The lowest BCUT2D eigenvalue weighted by molar-refractivity contribution is 0.130. The Morgan fingerprint density at radius 1 is 1.24 bits per heavy atom. The minimum absolute atomic E-state index is 0.0815. The quantitative estimate of drug-likeness (QED) is 0.733. The van der Waals surface area contributed by atoms with Crippen LogP contribution in [-0.2, 0) is 11.3 Å². The molecule has 2 N–H and O–H groups in total. The number of alkyl carbamates (subject to hydrolysis) is 1. The molecule has 0 fully saturated rings. The third kappa shape index (κ3) is 4.15. The van der Waals surface area contributed by atoms with E-state index in [1.54, 1.807) is 0 Å². The molecule has 1 aliphatic rings. The van der Waals surface area contributed by atoms with Gasteiger partial charge < -0.3 is 15.4 Å². The lowest BCUT2D eigenvalue weighted by atomic mass is 9.83. The zero-order chi connectivity index (χ0) is 17.8. The van der Waals surface area contributed by atoms with E-state index in [-0.39, 0.29) is 24.7 Å². The normalized spacial score (nSPS) is 21.8. The van der Waals surface area contributed by atoms with Crippen molar-refractivity contribution in [2.45, 2.75) is 39.0 Å². The van der Waals surface area contributed by atoms with Crippen LogP contribution in [0.3, 0.4) is 0 Å². The second-order valence-electron chi connectivity index (χ2n) is 6.43. The van der Waals surface area contributed by atoms with Crippen molar-refractivity contribution in [1.29, 1.82) is 0 Å². The Morgan fingerprint density at radius 2 is 2.00 bits per heavy atom. The lowest BCUT2D eigenvalue weighted by Crippen LogP contribution is -2.43. The lowest BCUT2D eigenvalue weighted by Gasteiger charge is -2.38. The van der Waals surface area contributed by atoms with Gasteiger partial charge in [0.15, 0.2) is 0 Å². The summed E-state index contributed by atoms with van der Waals surface area (Å²) >= 11 is 3.53. The van der Waals surface area contributed by atoms with Gasteiger partial charge >= 0.3 is 6.09 Å². The predicted molar refractivity (Wildman–Crippen MR) is 104 cm³/mol. The molecule has 4 nitrogen and oxygen atoms in total. The van der Waals surface area contributed by atoms with E-state index in [1.807, 2.05) is 36.4 Å². The second-order valence-corrected chi connectivity index (χ2v) is 7.35. The van der Waals surface area contributed by atoms with Crippen molar-refractivity contribution in [1.82, 2.24) is 5.32 Å². The summed E-state index contributed by atoms with van der Waals surface area (Å²) < 4.78 is 6.41. The number of hydrogen-bond acceptors (Lipinski definition) is 3. The molecule has 0 aliphatic carbocycles. The molecule has 2 aromatic carbocycles. The number of nitrogens with one attached hydrogen (secondary N) is 2. The molecule has 0 bridgehead atoms. The Labute approximate surface area is 157 Å². The number of hydrogen-bond donors (Lipinski definition) is 2. The van der Waals surface area contributed by atoms with Crippen LogP contribution in [0.2, 0.25) is 0 Å². The smallest absolute Gasteiger partial charge is 0.407 e. The number of carbonyl (C=O) groups excluding carboxylic acids is 1. The van der Waals surface area contributed by atoms with Crippen molar-refractivity contribution in [3.8, 4) is 0 Å². The van der Waals surface area contributed by atoms with Gasteiger partial charge in [0, 0.05) is 22.1 Å². The van der Waals surface area contributed by atoms with Crippen LogP contribution in [0.25, 0.3) is 0 Å². The van der Waals surface area contributed by atoms with Gasteiger partial charge in [-0.1, -0.05) is 60.1 Å². The molecule has 2 unspecified atom stereocenters. The van der Waals surface area contributed by atoms with Gasteiger partial charge in [-0.15, -0.1) is 0 Å². The highest BCUT2D eigenvalue weighted by atomic mass is 79.9. The standard InChI is InChI=1S/C20H23BrN2O2/c1-3-17-13(2)19(16-11-15(21)9-10-18(16)22-17)23-20(24)25-12-14-7-5-4-6-8-14/h4-11,13,17,19,22H,3,12H2,1-2H3,(H,23,24)/t13?,17-,19?/m0/s1. The third-order valence-corrected chi connectivity index (χ3v) is 5.27. The van der Waals surface area contributed by atoms with Gasteiger partial charge in [-0.05, 0) is 35.7 Å². The van der Waals surface area contributed by atoms with E-state index in [0.29, 0.717) is 6.04 Å². The zero-order valence-corrected chi connectivity index (χ0v) is 16.0. The summed E-state index contributed by atoms with van der Waals surface area (Å²) in [5.41, 5.74) is 3.13. The van der Waals surface area contributed by atoms with Crippen molar-refractivity contribution in [2.75, 3.05) is 5.32 Å². The van der Waals surface area contributed by atoms with E-state index < -0.39 is 0 Å². The average Bonchev–Trinajstić information content (AvgIpc) is 2.63. The maximum absolute atomic E-state index is 12.4. The van der Waals surface area contributed by atoms with Crippen LogP contribution >= 0.6 is 15.9 Å². The molecule has 3 atom stereocenters. The molecule has 25 heavy (non-hydrogen) atoms. The highest BCUT2D eigenvalue weighted by Gasteiger charge is 2.34. The average molecular weight is 403 g/mol. The molecule has 2 aromatic rings. The molecule has 1 aliphatic heterocycles. The first-order chi connectivity index (χ1) is 12.1. The third-order valence-electron chi connectivity index (χ3n) is 4.78. The van der Waals surface area contributed by atoms with E-state index in [0.717, 1.165) is 27.7 Å². The van der Waals surface area contributed by atoms with Crippen LogP contribution in [0.4, 0.5) is 10.5 Å². The Hall–Kier alpha value is -2.01. The van der Waals surface area contributed by atoms with Crippen molar-refractivity contribution in [3.05, 3.63) is 64.1 Å². The SMILES string of the molecule is CC[C@@H]1Nc2ccc(Br)cc2C(NC(=O)OCc2ccccc2)C1C. The summed E-state index contributed by atoms with van der Waals surface area (Å²) in [7, 11) is 0. The fourth-order valence-corrected chi connectivity index (χ4v) is 3.72. The summed E-state index contributed by atoms with van der Waals surface area (Å²) in [5, 5.41) is 6.64. The molecule has 0 saturated carbocycles. The minimum atomic E-state index is -0.386. The molecule has 3 rings (SSSR count). The maximum atomic E-state index is 12.4. The van der Waals surface area contributed by atoms with Crippen LogP contribution in [-0.4, -0.2) is 12.1 Å². The molecule has 0 aromatic heterocycles. The molecule has 132 valence electrons. The number of rotatable bonds is 4. The number of halogens is 1. The highest BCUT2D eigenvalue weighted by molar-refractivity contribution is 9.10. The summed E-state index contributed by atoms with van der Waals surface area (Å²) in [6.45, 7) is 4.59. The fraction of sp³-hybridized carbons (Fsp3) is 0.350. The number of anilines is 1. The van der Waals surface area contributed by atoms with Gasteiger partial charge in [0.2, 0.25) is 0 Å². The molecular formula is C20H23BrN2O2. The zero-order valence-electron chi connectivity index (χ0n) is 14.5. The number of amides is 1. The van der Waals surface area contributed by atoms with Gasteiger partial charge in [-0.2, -0.15) is 0 Å². The minimum Gasteiger partial charge on any atom is -0.445 e. The van der Waals surface area contributed by atoms with Crippen molar-refractivity contribution < 1.29 is 9.53 Å². The van der Waals surface area contributed by atoms with Crippen LogP contribution in [0, 0.1) is 5.92 Å². The van der Waals surface area contributed by atoms with E-state index >= 15 is 0 Å². The molecule has 0 saturated heterocycles. The van der Waals surface area contributed by atoms with Gasteiger partial charge in [-0.3, -0.25) is 0 Å². The second kappa shape index (κ2) is 7.91. The van der Waals surface area contributed by atoms with Crippen LogP contribution in [0.5, 0.6) is 0 Å². The monoisotopic (exact) mass is 402 g/mol. The number of benzene rings is 2. The molecule has 1 heterocycles. The van der Waals surface area contributed by atoms with Crippen molar-refractivity contribution in [3.63, 3.8) is 0 Å². The van der Waals surface area contributed by atoms with Crippen molar-refractivity contribution in [2.24, 2.45) is 5.92 Å². The Balaban J connectivity index is 1.73. The van der Waals surface area contributed by atoms with Gasteiger partial charge in [0.1, 0.15) is 6.61 Å². The molecule has 5 heteroatoms. The van der Waals surface area contributed by atoms with Gasteiger partial charge in [-0.25, -0.2) is 4.79 Å². The van der Waals surface area contributed by atoms with E-state index in [2.05, 4.69) is 52.5 Å².